The largest absolute Gasteiger partial charge is 0.496 e. The van der Waals surface area contributed by atoms with Crippen molar-refractivity contribution >= 4 is 17.4 Å². The van der Waals surface area contributed by atoms with Gasteiger partial charge in [-0.05, 0) is 38.5 Å². The lowest BCUT2D eigenvalue weighted by atomic mass is 10.1. The van der Waals surface area contributed by atoms with Gasteiger partial charge in [-0.1, -0.05) is 17.4 Å². The van der Waals surface area contributed by atoms with Crippen LogP contribution in [-0.2, 0) is 17.7 Å². The Balaban J connectivity index is 2.12. The Morgan fingerprint density at radius 3 is 2.64 bits per heavy atom. The maximum Gasteiger partial charge on any atom is 0.407 e. The Kier molecular flexibility index (Phi) is 5.73. The first-order valence-electron chi connectivity index (χ1n) is 7.71. The first-order valence-corrected chi connectivity index (χ1v) is 8.53. The number of H-pyrrole nitrogens is 1. The molecule has 0 radical (unpaired) electrons. The van der Waals surface area contributed by atoms with Crippen LogP contribution in [0.3, 0.4) is 0 Å². The van der Waals surface area contributed by atoms with E-state index in [1.165, 1.54) is 0 Å². The first kappa shape index (κ1) is 18.9. The van der Waals surface area contributed by atoms with E-state index in [0.29, 0.717) is 17.0 Å². The Morgan fingerprint density at radius 1 is 1.36 bits per heavy atom. The van der Waals surface area contributed by atoms with Crippen LogP contribution in [0.1, 0.15) is 36.8 Å². The zero-order valence-electron chi connectivity index (χ0n) is 14.6. The van der Waals surface area contributed by atoms with Crippen molar-refractivity contribution in [1.29, 1.82) is 0 Å². The number of carbonyl (C=O) groups excluding carboxylic acids is 1. The van der Waals surface area contributed by atoms with E-state index in [1.54, 1.807) is 33.9 Å². The molecule has 1 heterocycles. The number of aromatic nitrogens is 1. The maximum atomic E-state index is 11.8. The van der Waals surface area contributed by atoms with Crippen LogP contribution in [0.2, 0.25) is 0 Å². The lowest BCUT2D eigenvalue weighted by molar-refractivity contribution is 0.0523. The molecule has 8 heteroatoms. The van der Waals surface area contributed by atoms with Crippen LogP contribution in [-0.4, -0.2) is 28.9 Å². The van der Waals surface area contributed by atoms with Crippen molar-refractivity contribution in [3.8, 4) is 11.6 Å². The molecule has 0 saturated carbocycles. The second-order valence-corrected chi connectivity index (χ2v) is 7.53. The number of thiazole rings is 1. The molecule has 0 bridgehead atoms. The zero-order chi connectivity index (χ0) is 18.6. The molecule has 0 saturated heterocycles. The van der Waals surface area contributed by atoms with Crippen LogP contribution < -0.4 is 14.9 Å². The summed E-state index contributed by atoms with van der Waals surface area (Å²) < 4.78 is 10.5. The summed E-state index contributed by atoms with van der Waals surface area (Å²) in [5.41, 5.74) is 1.08. The SMILES string of the molecule is COc1ccc(Cc2sc(=O)[nH]c2O)cc1CNC(=O)OC(C)(C)C. The number of aromatic amines is 1. The number of carbonyl (C=O) groups is 1. The van der Waals surface area contributed by atoms with Crippen molar-refractivity contribution in [2.45, 2.75) is 39.3 Å². The number of aromatic hydroxyl groups is 1. The highest BCUT2D eigenvalue weighted by Gasteiger charge is 2.16. The van der Waals surface area contributed by atoms with Crippen LogP contribution in [0, 0.1) is 0 Å². The fourth-order valence-corrected chi connectivity index (χ4v) is 2.98. The Bertz CT molecular complexity index is 804. The average molecular weight is 366 g/mol. The summed E-state index contributed by atoms with van der Waals surface area (Å²) >= 11 is 0.968. The highest BCUT2D eigenvalue weighted by molar-refractivity contribution is 7.09. The van der Waals surface area contributed by atoms with Crippen LogP contribution in [0.5, 0.6) is 11.6 Å². The van der Waals surface area contributed by atoms with Gasteiger partial charge in [0.25, 0.3) is 0 Å². The van der Waals surface area contributed by atoms with Crippen molar-refractivity contribution in [3.05, 3.63) is 43.9 Å². The monoisotopic (exact) mass is 366 g/mol. The van der Waals surface area contributed by atoms with E-state index < -0.39 is 11.7 Å². The van der Waals surface area contributed by atoms with Gasteiger partial charge in [0.2, 0.25) is 5.88 Å². The van der Waals surface area contributed by atoms with Gasteiger partial charge in [0.05, 0.1) is 12.0 Å². The van der Waals surface area contributed by atoms with Gasteiger partial charge in [0.1, 0.15) is 11.4 Å². The minimum absolute atomic E-state index is 0.112. The van der Waals surface area contributed by atoms with E-state index >= 15 is 0 Å². The van der Waals surface area contributed by atoms with Gasteiger partial charge in [-0.3, -0.25) is 9.78 Å². The molecule has 0 unspecified atom stereocenters. The fourth-order valence-electron chi connectivity index (χ4n) is 2.22. The number of hydrogen-bond donors (Lipinski definition) is 3. The van der Waals surface area contributed by atoms with Crippen molar-refractivity contribution in [2.24, 2.45) is 0 Å². The number of ether oxygens (including phenoxy) is 2. The van der Waals surface area contributed by atoms with Crippen LogP contribution in [0.4, 0.5) is 4.79 Å². The fraction of sp³-hybridized carbons (Fsp3) is 0.412. The summed E-state index contributed by atoms with van der Waals surface area (Å²) in [5.74, 6) is 0.519. The normalized spacial score (nSPS) is 11.2. The molecule has 0 aliphatic heterocycles. The first-order chi connectivity index (χ1) is 11.7. The van der Waals surface area contributed by atoms with Crippen molar-refractivity contribution in [3.63, 3.8) is 0 Å². The van der Waals surface area contributed by atoms with Gasteiger partial charge in [0, 0.05) is 18.5 Å². The smallest absolute Gasteiger partial charge is 0.407 e. The predicted octanol–water partition coefficient (Wildman–Crippen LogP) is 2.77. The molecule has 3 N–H and O–H groups in total. The Labute approximate surface area is 149 Å². The molecule has 7 nitrogen and oxygen atoms in total. The van der Waals surface area contributed by atoms with E-state index in [1.807, 2.05) is 12.1 Å². The number of hydrogen-bond acceptors (Lipinski definition) is 6. The van der Waals surface area contributed by atoms with Crippen LogP contribution in [0.15, 0.2) is 23.0 Å². The van der Waals surface area contributed by atoms with Gasteiger partial charge < -0.3 is 19.9 Å². The molecule has 2 aromatic rings. The molecular formula is C17H22N2O5S. The molecule has 25 heavy (non-hydrogen) atoms. The van der Waals surface area contributed by atoms with Gasteiger partial charge >= 0.3 is 11.0 Å². The van der Waals surface area contributed by atoms with Crippen molar-refractivity contribution < 1.29 is 19.4 Å². The molecule has 0 aliphatic rings. The molecule has 0 aliphatic carbocycles. The predicted molar refractivity (Wildman–Crippen MR) is 95.5 cm³/mol. The molecular weight excluding hydrogens is 344 g/mol. The summed E-state index contributed by atoms with van der Waals surface area (Å²) in [5, 5.41) is 12.4. The quantitative estimate of drug-likeness (QED) is 0.755. The highest BCUT2D eigenvalue weighted by Crippen LogP contribution is 2.25. The van der Waals surface area contributed by atoms with E-state index in [9.17, 15) is 14.7 Å². The number of amides is 1. The molecule has 1 aromatic carbocycles. The summed E-state index contributed by atoms with van der Waals surface area (Å²) in [7, 11) is 1.55. The van der Waals surface area contributed by atoms with E-state index in [-0.39, 0.29) is 17.3 Å². The summed E-state index contributed by atoms with van der Waals surface area (Å²) in [6.07, 6.45) is -0.111. The second-order valence-electron chi connectivity index (χ2n) is 6.46. The number of alkyl carbamates (subject to hydrolysis) is 1. The Hall–Kier alpha value is -2.48. The lowest BCUT2D eigenvalue weighted by Gasteiger charge is -2.20. The second kappa shape index (κ2) is 7.60. The third-order valence-corrected chi connectivity index (χ3v) is 4.10. The molecule has 0 atom stereocenters. The number of rotatable bonds is 5. The van der Waals surface area contributed by atoms with Crippen molar-refractivity contribution in [1.82, 2.24) is 10.3 Å². The van der Waals surface area contributed by atoms with Gasteiger partial charge in [0.15, 0.2) is 0 Å². The zero-order valence-corrected chi connectivity index (χ0v) is 15.5. The van der Waals surface area contributed by atoms with Crippen molar-refractivity contribution in [2.75, 3.05) is 7.11 Å². The molecule has 136 valence electrons. The molecule has 1 amide bonds. The number of methoxy groups -OCH3 is 1. The van der Waals surface area contributed by atoms with E-state index in [0.717, 1.165) is 22.5 Å². The van der Waals surface area contributed by atoms with Gasteiger partial charge in [-0.2, -0.15) is 0 Å². The highest BCUT2D eigenvalue weighted by atomic mass is 32.1. The average Bonchev–Trinajstić information content (AvgIpc) is 2.81. The maximum absolute atomic E-state index is 11.8. The van der Waals surface area contributed by atoms with Crippen LogP contribution >= 0.6 is 11.3 Å². The third kappa shape index (κ3) is 5.53. The van der Waals surface area contributed by atoms with Gasteiger partial charge in [-0.25, -0.2) is 4.79 Å². The number of benzene rings is 1. The third-order valence-electron chi connectivity index (χ3n) is 3.23. The topological polar surface area (TPSA) is 101 Å². The van der Waals surface area contributed by atoms with E-state index in [2.05, 4.69) is 10.3 Å². The molecule has 1 aromatic heterocycles. The molecule has 0 fully saturated rings. The standard InChI is InChI=1S/C17H22N2O5S/c1-17(2,3)24-15(21)18-9-11-7-10(5-6-12(11)23-4)8-13-14(20)19-16(22)25-13/h5-7,20H,8-9H2,1-4H3,(H,18,21)(H,19,22). The molecule has 0 spiro atoms. The number of nitrogens with one attached hydrogen (secondary N) is 2. The Morgan fingerprint density at radius 2 is 2.08 bits per heavy atom. The minimum Gasteiger partial charge on any atom is -0.496 e. The van der Waals surface area contributed by atoms with Crippen LogP contribution in [0.25, 0.3) is 0 Å². The summed E-state index contributed by atoms with van der Waals surface area (Å²) in [6.45, 7) is 5.62. The lowest BCUT2D eigenvalue weighted by Crippen LogP contribution is -2.32. The minimum atomic E-state index is -0.570. The molecule has 2 rings (SSSR count). The summed E-state index contributed by atoms with van der Waals surface area (Å²) in [6, 6.07) is 5.49. The van der Waals surface area contributed by atoms with Gasteiger partial charge in [-0.15, -0.1) is 0 Å². The summed E-state index contributed by atoms with van der Waals surface area (Å²) in [4.78, 5) is 25.7. The van der Waals surface area contributed by atoms with E-state index in [4.69, 9.17) is 9.47 Å².